The van der Waals surface area contributed by atoms with E-state index in [0.29, 0.717) is 28.2 Å². The molecule has 2 heterocycles. The standard InChI is InChI=1S/C22H19F2N5OS/c23-16-9-18(29-31-11-22(10-25)4-5-22)17(24)7-15(16)14-8-19(28-21(30)12-1-2-12)27-20-13(14)3-6-26-20/h3,6-9,12,29H,1-2,4-5,11H2,(H2,26,27,28,30). The molecule has 9 heteroatoms. The summed E-state index contributed by atoms with van der Waals surface area (Å²) in [6.07, 6.45) is 5.04. The number of carbonyl (C=O) groups excluding carboxylic acids is 1. The molecule has 158 valence electrons. The van der Waals surface area contributed by atoms with E-state index < -0.39 is 11.6 Å². The average Bonchev–Trinajstić information content (AvgIpc) is 3.68. The largest absolute Gasteiger partial charge is 0.346 e. The van der Waals surface area contributed by atoms with Crippen LogP contribution in [-0.2, 0) is 4.79 Å². The molecule has 0 radical (unpaired) electrons. The number of pyridine rings is 1. The first-order chi connectivity index (χ1) is 15.0. The number of benzene rings is 1. The molecule has 1 aromatic carbocycles. The van der Waals surface area contributed by atoms with E-state index in [1.54, 1.807) is 18.3 Å². The van der Waals surface area contributed by atoms with Crippen LogP contribution < -0.4 is 10.0 Å². The molecule has 5 rings (SSSR count). The maximum atomic E-state index is 15.0. The van der Waals surface area contributed by atoms with Gasteiger partial charge in [0.2, 0.25) is 5.91 Å². The van der Waals surface area contributed by atoms with Gasteiger partial charge in [-0.05, 0) is 49.4 Å². The van der Waals surface area contributed by atoms with Gasteiger partial charge in [-0.2, -0.15) is 5.26 Å². The minimum Gasteiger partial charge on any atom is -0.346 e. The van der Waals surface area contributed by atoms with Crippen LogP contribution >= 0.6 is 11.9 Å². The van der Waals surface area contributed by atoms with Crippen LogP contribution in [0.25, 0.3) is 22.2 Å². The van der Waals surface area contributed by atoms with E-state index in [-0.39, 0.29) is 28.5 Å². The Kier molecular flexibility index (Phi) is 4.82. The Bertz CT molecular complexity index is 1230. The number of H-pyrrole nitrogens is 1. The van der Waals surface area contributed by atoms with Gasteiger partial charge in [0.1, 0.15) is 23.1 Å². The molecular formula is C22H19F2N5OS. The third kappa shape index (κ3) is 3.95. The quantitative estimate of drug-likeness (QED) is 0.439. The highest BCUT2D eigenvalue weighted by molar-refractivity contribution is 8.00. The summed E-state index contributed by atoms with van der Waals surface area (Å²) in [6, 6.07) is 7.84. The molecule has 0 aliphatic heterocycles. The fourth-order valence-corrected chi connectivity index (χ4v) is 4.43. The van der Waals surface area contributed by atoms with Gasteiger partial charge < -0.3 is 15.0 Å². The normalized spacial score (nSPS) is 16.7. The lowest BCUT2D eigenvalue weighted by molar-refractivity contribution is -0.117. The summed E-state index contributed by atoms with van der Waals surface area (Å²) in [4.78, 5) is 19.5. The van der Waals surface area contributed by atoms with Crippen molar-refractivity contribution in [1.82, 2.24) is 9.97 Å². The number of nitrogens with zero attached hydrogens (tertiary/aromatic N) is 2. The number of hydrogen-bond acceptors (Lipinski definition) is 5. The number of nitriles is 1. The van der Waals surface area contributed by atoms with Crippen molar-refractivity contribution >= 4 is 40.4 Å². The summed E-state index contributed by atoms with van der Waals surface area (Å²) in [5.74, 6) is -0.500. The lowest BCUT2D eigenvalue weighted by Crippen LogP contribution is -2.14. The predicted octanol–water partition coefficient (Wildman–Crippen LogP) is 5.22. The fourth-order valence-electron chi connectivity index (χ4n) is 3.42. The maximum absolute atomic E-state index is 15.0. The van der Waals surface area contributed by atoms with Crippen molar-refractivity contribution in [3.8, 4) is 17.2 Å². The second-order valence-corrected chi connectivity index (χ2v) is 8.93. The topological polar surface area (TPSA) is 93.6 Å². The summed E-state index contributed by atoms with van der Waals surface area (Å²) >= 11 is 1.21. The Balaban J connectivity index is 1.43. The first-order valence-corrected chi connectivity index (χ1v) is 11.0. The summed E-state index contributed by atoms with van der Waals surface area (Å²) in [7, 11) is 0. The second-order valence-electron chi connectivity index (χ2n) is 8.15. The molecular weight excluding hydrogens is 420 g/mol. The Morgan fingerprint density at radius 1 is 1.26 bits per heavy atom. The lowest BCUT2D eigenvalue weighted by Gasteiger charge is -2.13. The molecule has 0 unspecified atom stereocenters. The molecule has 0 spiro atoms. The van der Waals surface area contributed by atoms with Crippen LogP contribution in [0.1, 0.15) is 25.7 Å². The van der Waals surface area contributed by atoms with Crippen LogP contribution in [0.2, 0.25) is 0 Å². The summed E-state index contributed by atoms with van der Waals surface area (Å²) in [6.45, 7) is 0. The van der Waals surface area contributed by atoms with Gasteiger partial charge in [0.05, 0.1) is 17.2 Å². The minimum absolute atomic E-state index is 0.00237. The first-order valence-electron chi connectivity index (χ1n) is 10.1. The number of halogens is 2. The number of fused-ring (bicyclic) bond motifs is 1. The van der Waals surface area contributed by atoms with Crippen molar-refractivity contribution in [3.05, 3.63) is 42.1 Å². The molecule has 6 nitrogen and oxygen atoms in total. The van der Waals surface area contributed by atoms with Crippen LogP contribution in [0.4, 0.5) is 20.3 Å². The van der Waals surface area contributed by atoms with E-state index in [1.165, 1.54) is 11.9 Å². The highest BCUT2D eigenvalue weighted by Crippen LogP contribution is 2.47. The number of aromatic amines is 1. The van der Waals surface area contributed by atoms with Crippen LogP contribution in [0.15, 0.2) is 30.5 Å². The number of aromatic nitrogens is 2. The fraction of sp³-hybridized carbons (Fsp3) is 0.318. The van der Waals surface area contributed by atoms with E-state index in [0.717, 1.165) is 37.8 Å². The van der Waals surface area contributed by atoms with Crippen molar-refractivity contribution in [2.24, 2.45) is 11.3 Å². The third-order valence-corrected chi connectivity index (χ3v) is 6.76. The molecule has 0 saturated heterocycles. The van der Waals surface area contributed by atoms with Crippen molar-refractivity contribution in [3.63, 3.8) is 0 Å². The van der Waals surface area contributed by atoms with Crippen molar-refractivity contribution in [2.75, 3.05) is 15.8 Å². The number of carbonyl (C=O) groups is 1. The molecule has 0 bridgehead atoms. The molecule has 31 heavy (non-hydrogen) atoms. The number of rotatable bonds is 7. The zero-order chi connectivity index (χ0) is 21.6. The third-order valence-electron chi connectivity index (χ3n) is 5.70. The highest BCUT2D eigenvalue weighted by atomic mass is 32.2. The second kappa shape index (κ2) is 7.54. The Morgan fingerprint density at radius 2 is 2.06 bits per heavy atom. The molecule has 3 aromatic rings. The van der Waals surface area contributed by atoms with E-state index in [4.69, 9.17) is 5.26 Å². The smallest absolute Gasteiger partial charge is 0.228 e. The van der Waals surface area contributed by atoms with Gasteiger partial charge in [-0.15, -0.1) is 0 Å². The van der Waals surface area contributed by atoms with Gasteiger partial charge in [-0.3, -0.25) is 4.79 Å². The lowest BCUT2D eigenvalue weighted by atomic mass is 10.0. The summed E-state index contributed by atoms with van der Waals surface area (Å²) in [5.41, 5.74) is 0.686. The molecule has 2 aliphatic carbocycles. The van der Waals surface area contributed by atoms with E-state index in [2.05, 4.69) is 26.1 Å². The van der Waals surface area contributed by atoms with Gasteiger partial charge >= 0.3 is 0 Å². The molecule has 1 amide bonds. The van der Waals surface area contributed by atoms with Crippen LogP contribution in [-0.4, -0.2) is 21.6 Å². The number of nitrogens with one attached hydrogen (secondary N) is 3. The highest BCUT2D eigenvalue weighted by Gasteiger charge is 2.43. The van der Waals surface area contributed by atoms with Crippen molar-refractivity contribution in [1.29, 1.82) is 5.26 Å². The zero-order valence-electron chi connectivity index (χ0n) is 16.5. The SMILES string of the molecule is N#CC1(CSNc2cc(F)c(-c3cc(NC(=O)C4CC4)nc4[nH]ccc34)cc2F)CC1. The van der Waals surface area contributed by atoms with Gasteiger partial charge in [-0.1, -0.05) is 11.9 Å². The maximum Gasteiger partial charge on any atom is 0.228 e. The zero-order valence-corrected chi connectivity index (χ0v) is 17.3. The molecule has 2 aliphatic rings. The summed E-state index contributed by atoms with van der Waals surface area (Å²) < 4.78 is 32.6. The molecule has 2 aromatic heterocycles. The van der Waals surface area contributed by atoms with Crippen molar-refractivity contribution in [2.45, 2.75) is 25.7 Å². The predicted molar refractivity (Wildman–Crippen MR) is 116 cm³/mol. The minimum atomic E-state index is -0.602. The van der Waals surface area contributed by atoms with Gasteiger partial charge in [0.15, 0.2) is 0 Å². The molecule has 0 atom stereocenters. The monoisotopic (exact) mass is 439 g/mol. The number of hydrogen-bond donors (Lipinski definition) is 3. The van der Waals surface area contributed by atoms with Crippen LogP contribution in [0.3, 0.4) is 0 Å². The van der Waals surface area contributed by atoms with E-state index in [9.17, 15) is 9.18 Å². The molecule has 2 fully saturated rings. The number of amides is 1. The summed E-state index contributed by atoms with van der Waals surface area (Å²) in [5, 5.41) is 12.5. The van der Waals surface area contributed by atoms with E-state index in [1.807, 2.05) is 0 Å². The molecule has 2 saturated carbocycles. The Hall–Kier alpha value is -3.12. The average molecular weight is 439 g/mol. The Labute approximate surface area is 181 Å². The van der Waals surface area contributed by atoms with Crippen LogP contribution in [0.5, 0.6) is 0 Å². The Morgan fingerprint density at radius 3 is 2.77 bits per heavy atom. The first kappa shape index (κ1) is 19.8. The van der Waals surface area contributed by atoms with Gasteiger partial charge in [0.25, 0.3) is 0 Å². The van der Waals surface area contributed by atoms with Crippen molar-refractivity contribution < 1.29 is 13.6 Å². The van der Waals surface area contributed by atoms with Crippen LogP contribution in [0, 0.1) is 34.3 Å². The number of anilines is 2. The van der Waals surface area contributed by atoms with Gasteiger partial charge in [-0.25, -0.2) is 13.8 Å². The van der Waals surface area contributed by atoms with E-state index >= 15 is 4.39 Å². The molecule has 3 N–H and O–H groups in total. The van der Waals surface area contributed by atoms with Gasteiger partial charge in [0, 0.05) is 34.9 Å².